The molecule has 0 bridgehead atoms. The van der Waals surface area contributed by atoms with Crippen molar-refractivity contribution >= 4 is 28.5 Å². The van der Waals surface area contributed by atoms with Gasteiger partial charge in [0.05, 0.1) is 7.11 Å². The third-order valence-electron chi connectivity index (χ3n) is 3.19. The van der Waals surface area contributed by atoms with Gasteiger partial charge in [-0.25, -0.2) is 0 Å². The van der Waals surface area contributed by atoms with Crippen LogP contribution in [0.1, 0.15) is 17.5 Å². The van der Waals surface area contributed by atoms with Crippen molar-refractivity contribution in [2.75, 3.05) is 26.3 Å². The molecular weight excluding hydrogens is 356 g/mol. The number of hydrogen-bond acceptors (Lipinski definition) is 8. The number of ether oxygens (including phenoxy) is 3. The highest BCUT2D eigenvalue weighted by atomic mass is 32.1. The van der Waals surface area contributed by atoms with Gasteiger partial charge in [-0.15, -0.1) is 10.2 Å². The van der Waals surface area contributed by atoms with E-state index >= 15 is 0 Å². The van der Waals surface area contributed by atoms with Gasteiger partial charge in [-0.3, -0.25) is 10.1 Å². The normalized spacial score (nSPS) is 10.9. The SMILES string of the molecule is CCc1nnc(NC(=O)C(C#N)=Cc2ccc(OCOC)c(OC)c2)s1. The second-order valence-corrected chi connectivity index (χ2v) is 6.00. The Bertz CT molecular complexity index is 842. The van der Waals surface area contributed by atoms with Gasteiger partial charge in [-0.1, -0.05) is 24.3 Å². The third-order valence-corrected chi connectivity index (χ3v) is 4.17. The molecule has 0 unspecified atom stereocenters. The van der Waals surface area contributed by atoms with Crippen LogP contribution < -0.4 is 14.8 Å². The Morgan fingerprint density at radius 1 is 1.35 bits per heavy atom. The highest BCUT2D eigenvalue weighted by molar-refractivity contribution is 7.15. The van der Waals surface area contributed by atoms with Gasteiger partial charge in [0.25, 0.3) is 5.91 Å². The number of amides is 1. The van der Waals surface area contributed by atoms with E-state index in [1.165, 1.54) is 31.6 Å². The first-order valence-electron chi connectivity index (χ1n) is 7.66. The number of nitrogens with zero attached hydrogens (tertiary/aromatic N) is 3. The lowest BCUT2D eigenvalue weighted by atomic mass is 10.1. The number of aromatic nitrogens is 2. The van der Waals surface area contributed by atoms with E-state index in [1.807, 2.05) is 13.0 Å². The van der Waals surface area contributed by atoms with Gasteiger partial charge >= 0.3 is 0 Å². The summed E-state index contributed by atoms with van der Waals surface area (Å²) in [5.41, 5.74) is 0.552. The average Bonchev–Trinajstić information content (AvgIpc) is 3.12. The number of hydrogen-bond donors (Lipinski definition) is 1. The zero-order chi connectivity index (χ0) is 18.9. The quantitative estimate of drug-likeness (QED) is 0.430. The fourth-order valence-electron chi connectivity index (χ4n) is 1.94. The van der Waals surface area contributed by atoms with Gasteiger partial charge in [0.1, 0.15) is 16.6 Å². The molecule has 1 amide bonds. The highest BCUT2D eigenvalue weighted by Crippen LogP contribution is 2.29. The maximum absolute atomic E-state index is 12.3. The summed E-state index contributed by atoms with van der Waals surface area (Å²) in [7, 11) is 3.02. The van der Waals surface area contributed by atoms with E-state index in [1.54, 1.807) is 18.2 Å². The molecule has 0 atom stereocenters. The van der Waals surface area contributed by atoms with Crippen LogP contribution in [-0.4, -0.2) is 37.1 Å². The Kier molecular flexibility index (Phi) is 7.08. The summed E-state index contributed by atoms with van der Waals surface area (Å²) >= 11 is 1.27. The maximum atomic E-state index is 12.3. The smallest absolute Gasteiger partial charge is 0.268 e. The second-order valence-electron chi connectivity index (χ2n) is 4.94. The van der Waals surface area contributed by atoms with Gasteiger partial charge in [0.2, 0.25) is 5.13 Å². The fraction of sp³-hybridized carbons (Fsp3) is 0.294. The summed E-state index contributed by atoms with van der Waals surface area (Å²) in [5.74, 6) is 0.408. The minimum atomic E-state index is -0.551. The highest BCUT2D eigenvalue weighted by Gasteiger charge is 2.13. The van der Waals surface area contributed by atoms with Gasteiger partial charge in [-0.2, -0.15) is 5.26 Å². The third kappa shape index (κ3) is 5.02. The summed E-state index contributed by atoms with van der Waals surface area (Å²) in [4.78, 5) is 12.3. The zero-order valence-corrected chi connectivity index (χ0v) is 15.4. The number of rotatable bonds is 8. The number of carbonyl (C=O) groups excluding carboxylic acids is 1. The summed E-state index contributed by atoms with van der Waals surface area (Å²) < 4.78 is 15.5. The van der Waals surface area contributed by atoms with Crippen molar-refractivity contribution in [3.8, 4) is 17.6 Å². The molecular formula is C17H18N4O4S. The van der Waals surface area contributed by atoms with E-state index in [-0.39, 0.29) is 12.4 Å². The van der Waals surface area contributed by atoms with E-state index in [9.17, 15) is 10.1 Å². The Balaban J connectivity index is 2.19. The first-order valence-corrected chi connectivity index (χ1v) is 8.48. The molecule has 0 saturated heterocycles. The van der Waals surface area contributed by atoms with Crippen LogP contribution >= 0.6 is 11.3 Å². The van der Waals surface area contributed by atoms with Crippen molar-refractivity contribution in [1.29, 1.82) is 5.26 Å². The minimum Gasteiger partial charge on any atom is -0.493 e. The van der Waals surface area contributed by atoms with Crippen LogP contribution in [0.2, 0.25) is 0 Å². The number of benzene rings is 1. The molecule has 1 heterocycles. The van der Waals surface area contributed by atoms with Crippen molar-refractivity contribution in [3.05, 3.63) is 34.3 Å². The maximum Gasteiger partial charge on any atom is 0.268 e. The lowest BCUT2D eigenvalue weighted by molar-refractivity contribution is -0.112. The molecule has 0 radical (unpaired) electrons. The van der Waals surface area contributed by atoms with E-state index in [0.717, 1.165) is 11.4 Å². The molecule has 0 fully saturated rings. The van der Waals surface area contributed by atoms with Crippen molar-refractivity contribution in [2.24, 2.45) is 0 Å². The number of carbonyl (C=O) groups is 1. The summed E-state index contributed by atoms with van der Waals surface area (Å²) in [6.07, 6.45) is 2.19. The molecule has 1 N–H and O–H groups in total. The Morgan fingerprint density at radius 2 is 2.15 bits per heavy atom. The van der Waals surface area contributed by atoms with Crippen LogP contribution in [0, 0.1) is 11.3 Å². The molecule has 9 heteroatoms. The summed E-state index contributed by atoms with van der Waals surface area (Å²) in [6, 6.07) is 6.94. The van der Waals surface area contributed by atoms with Gasteiger partial charge in [0.15, 0.2) is 18.3 Å². The molecule has 2 aromatic rings. The monoisotopic (exact) mass is 374 g/mol. The van der Waals surface area contributed by atoms with Crippen LogP contribution in [0.25, 0.3) is 6.08 Å². The lowest BCUT2D eigenvalue weighted by Crippen LogP contribution is -2.13. The fourth-order valence-corrected chi connectivity index (χ4v) is 2.62. The van der Waals surface area contributed by atoms with Crippen LogP contribution in [0.5, 0.6) is 11.5 Å². The van der Waals surface area contributed by atoms with Gasteiger partial charge in [0, 0.05) is 7.11 Å². The number of nitriles is 1. The standard InChI is InChI=1S/C17H18N4O4S/c1-4-15-20-21-17(26-15)19-16(22)12(9-18)7-11-5-6-13(25-10-23-2)14(8-11)24-3/h5-8H,4,10H2,1-3H3,(H,19,21,22). The van der Waals surface area contributed by atoms with E-state index in [0.29, 0.717) is 22.2 Å². The van der Waals surface area contributed by atoms with Crippen LogP contribution in [0.3, 0.4) is 0 Å². The summed E-state index contributed by atoms with van der Waals surface area (Å²) in [6.45, 7) is 2.03. The van der Waals surface area contributed by atoms with Crippen molar-refractivity contribution in [2.45, 2.75) is 13.3 Å². The number of aryl methyl sites for hydroxylation is 1. The molecule has 0 aliphatic rings. The van der Waals surface area contributed by atoms with Crippen molar-refractivity contribution in [3.63, 3.8) is 0 Å². The Hall–Kier alpha value is -2.96. The minimum absolute atomic E-state index is 0.0640. The van der Waals surface area contributed by atoms with E-state index < -0.39 is 5.91 Å². The first-order chi connectivity index (χ1) is 12.6. The summed E-state index contributed by atoms with van der Waals surface area (Å²) in [5, 5.41) is 20.8. The predicted octanol–water partition coefficient (Wildman–Crippen LogP) is 2.64. The molecule has 1 aromatic carbocycles. The predicted molar refractivity (Wildman–Crippen MR) is 97.0 cm³/mol. The van der Waals surface area contributed by atoms with Crippen molar-refractivity contribution < 1.29 is 19.0 Å². The lowest BCUT2D eigenvalue weighted by Gasteiger charge is -2.10. The molecule has 0 saturated carbocycles. The average molecular weight is 374 g/mol. The molecule has 2 rings (SSSR count). The second kappa shape index (κ2) is 9.50. The van der Waals surface area contributed by atoms with Crippen LogP contribution in [0.15, 0.2) is 23.8 Å². The molecule has 1 aromatic heterocycles. The largest absolute Gasteiger partial charge is 0.493 e. The first kappa shape index (κ1) is 19.4. The van der Waals surface area contributed by atoms with Gasteiger partial charge < -0.3 is 14.2 Å². The van der Waals surface area contributed by atoms with Crippen LogP contribution in [-0.2, 0) is 16.0 Å². The van der Waals surface area contributed by atoms with Crippen molar-refractivity contribution in [1.82, 2.24) is 10.2 Å². The molecule has 0 aliphatic heterocycles. The topological polar surface area (TPSA) is 106 Å². The molecule has 136 valence electrons. The Morgan fingerprint density at radius 3 is 2.77 bits per heavy atom. The van der Waals surface area contributed by atoms with E-state index in [2.05, 4.69) is 15.5 Å². The number of anilines is 1. The zero-order valence-electron chi connectivity index (χ0n) is 14.6. The molecule has 0 aliphatic carbocycles. The van der Waals surface area contributed by atoms with E-state index in [4.69, 9.17) is 14.2 Å². The molecule has 8 nitrogen and oxygen atoms in total. The Labute approximate surface area is 155 Å². The van der Waals surface area contributed by atoms with Crippen LogP contribution in [0.4, 0.5) is 5.13 Å². The number of nitrogens with one attached hydrogen (secondary N) is 1. The molecule has 26 heavy (non-hydrogen) atoms. The number of methoxy groups -OCH3 is 2. The molecule has 0 spiro atoms. The van der Waals surface area contributed by atoms with Gasteiger partial charge in [-0.05, 0) is 30.2 Å².